The molecule has 0 aliphatic carbocycles. The minimum atomic E-state index is -1.47. The summed E-state index contributed by atoms with van der Waals surface area (Å²) >= 11 is 3.34. The van der Waals surface area contributed by atoms with Crippen molar-refractivity contribution in [3.63, 3.8) is 0 Å². The number of nitrogens with zero attached hydrogens (tertiary/aromatic N) is 3. The maximum atomic E-state index is 11.2. The number of aromatic nitrogens is 2. The van der Waals surface area contributed by atoms with Crippen LogP contribution in [-0.2, 0) is 4.79 Å². The molecule has 17 heavy (non-hydrogen) atoms. The Morgan fingerprint density at radius 3 is 3.06 bits per heavy atom. The highest BCUT2D eigenvalue weighted by Crippen LogP contribution is 2.28. The van der Waals surface area contributed by atoms with E-state index in [0.29, 0.717) is 18.7 Å². The molecule has 1 amide bonds. The Bertz CT molecular complexity index is 442. The highest BCUT2D eigenvalue weighted by molar-refractivity contribution is 9.10. The van der Waals surface area contributed by atoms with Crippen molar-refractivity contribution in [3.05, 3.63) is 17.0 Å². The molecule has 92 valence electrons. The van der Waals surface area contributed by atoms with Crippen LogP contribution in [0.2, 0.25) is 0 Å². The summed E-state index contributed by atoms with van der Waals surface area (Å²) in [5, 5.41) is 10.1. The summed E-state index contributed by atoms with van der Waals surface area (Å²) in [5.74, 6) is -0.0215. The lowest BCUT2D eigenvalue weighted by Gasteiger charge is -2.37. The zero-order valence-electron chi connectivity index (χ0n) is 9.14. The normalized spacial score (nSPS) is 24.7. The smallest absolute Gasteiger partial charge is 0.251 e. The van der Waals surface area contributed by atoms with Gasteiger partial charge in [-0.1, -0.05) is 0 Å². The number of hydrogen-bond acceptors (Lipinski definition) is 5. The molecule has 0 spiro atoms. The molecule has 1 aliphatic heterocycles. The molecule has 1 saturated heterocycles. The molecular formula is C10H13BrN4O2. The molecule has 1 atom stereocenters. The summed E-state index contributed by atoms with van der Waals surface area (Å²) in [6.45, 7) is 0.892. The Morgan fingerprint density at radius 1 is 1.65 bits per heavy atom. The first-order valence-corrected chi connectivity index (χ1v) is 6.05. The number of hydrogen-bond donors (Lipinski definition) is 2. The van der Waals surface area contributed by atoms with Gasteiger partial charge in [0.2, 0.25) is 0 Å². The molecule has 6 nitrogen and oxygen atoms in total. The van der Waals surface area contributed by atoms with Gasteiger partial charge in [0.1, 0.15) is 12.1 Å². The van der Waals surface area contributed by atoms with Crippen molar-refractivity contribution in [3.8, 4) is 0 Å². The minimum Gasteiger partial charge on any atom is -0.378 e. The largest absolute Gasteiger partial charge is 0.378 e. The summed E-state index contributed by atoms with van der Waals surface area (Å²) in [6, 6.07) is 0. The van der Waals surface area contributed by atoms with Gasteiger partial charge >= 0.3 is 0 Å². The number of rotatable bonds is 2. The van der Waals surface area contributed by atoms with Gasteiger partial charge in [-0.05, 0) is 28.8 Å². The number of carbonyl (C=O) groups is 1. The summed E-state index contributed by atoms with van der Waals surface area (Å²) in [4.78, 5) is 21.1. The van der Waals surface area contributed by atoms with Gasteiger partial charge in [0.05, 0.1) is 11.0 Å². The fourth-order valence-electron chi connectivity index (χ4n) is 1.96. The summed E-state index contributed by atoms with van der Waals surface area (Å²) < 4.78 is 0.730. The van der Waals surface area contributed by atoms with Crippen LogP contribution in [0.4, 0.5) is 5.82 Å². The van der Waals surface area contributed by atoms with E-state index in [2.05, 4.69) is 25.9 Å². The number of piperidine rings is 1. The van der Waals surface area contributed by atoms with Crippen molar-refractivity contribution < 1.29 is 9.90 Å². The van der Waals surface area contributed by atoms with Crippen LogP contribution in [0.1, 0.15) is 12.8 Å². The van der Waals surface area contributed by atoms with Gasteiger partial charge in [-0.2, -0.15) is 0 Å². The summed E-state index contributed by atoms with van der Waals surface area (Å²) in [7, 11) is 0. The molecule has 0 saturated carbocycles. The lowest BCUT2D eigenvalue weighted by Crippen LogP contribution is -2.56. The lowest BCUT2D eigenvalue weighted by atomic mass is 9.92. The van der Waals surface area contributed by atoms with E-state index in [-0.39, 0.29) is 6.54 Å². The van der Waals surface area contributed by atoms with E-state index < -0.39 is 11.5 Å². The number of aliphatic hydroxyl groups is 1. The van der Waals surface area contributed by atoms with Crippen molar-refractivity contribution in [1.29, 1.82) is 0 Å². The lowest BCUT2D eigenvalue weighted by molar-refractivity contribution is -0.137. The number of nitrogens with two attached hydrogens (primary N) is 1. The predicted molar refractivity (Wildman–Crippen MR) is 65.3 cm³/mol. The topological polar surface area (TPSA) is 92.3 Å². The van der Waals surface area contributed by atoms with Crippen molar-refractivity contribution >= 4 is 27.7 Å². The minimum absolute atomic E-state index is 0.165. The van der Waals surface area contributed by atoms with Gasteiger partial charge in [0.25, 0.3) is 5.91 Å². The second-order valence-electron chi connectivity index (χ2n) is 4.12. The molecule has 1 aromatic heterocycles. The van der Waals surface area contributed by atoms with E-state index in [0.717, 1.165) is 11.0 Å². The fourth-order valence-corrected chi connectivity index (χ4v) is 2.43. The quantitative estimate of drug-likeness (QED) is 0.805. The highest BCUT2D eigenvalue weighted by Gasteiger charge is 2.39. The third kappa shape index (κ3) is 2.39. The number of β-amino-alcohol motifs (C(OH)–C–C–N with tert-alkyl or cyclic N) is 1. The van der Waals surface area contributed by atoms with E-state index in [1.54, 1.807) is 6.20 Å². The van der Waals surface area contributed by atoms with Crippen LogP contribution in [0, 0.1) is 0 Å². The Balaban J connectivity index is 2.24. The van der Waals surface area contributed by atoms with Crippen LogP contribution in [0.15, 0.2) is 17.0 Å². The Morgan fingerprint density at radius 2 is 2.41 bits per heavy atom. The monoisotopic (exact) mass is 300 g/mol. The second-order valence-corrected chi connectivity index (χ2v) is 4.97. The Hall–Kier alpha value is -1.21. The average Bonchev–Trinajstić information content (AvgIpc) is 2.29. The second kappa shape index (κ2) is 4.58. The number of carbonyl (C=O) groups excluding carboxylic acids is 1. The molecular weight excluding hydrogens is 288 g/mol. The number of anilines is 1. The van der Waals surface area contributed by atoms with Gasteiger partial charge < -0.3 is 15.7 Å². The van der Waals surface area contributed by atoms with E-state index in [4.69, 9.17) is 5.73 Å². The SMILES string of the molecule is NC(=O)C1(O)CCCN(c2ncncc2Br)C1. The zero-order chi connectivity index (χ0) is 12.5. The number of halogens is 1. The Labute approximate surface area is 107 Å². The Kier molecular flexibility index (Phi) is 3.30. The van der Waals surface area contributed by atoms with Crippen LogP contribution in [-0.4, -0.2) is 39.7 Å². The maximum absolute atomic E-state index is 11.2. The average molecular weight is 301 g/mol. The van der Waals surface area contributed by atoms with E-state index in [1.807, 2.05) is 4.90 Å². The molecule has 1 unspecified atom stereocenters. The molecule has 0 radical (unpaired) electrons. The highest BCUT2D eigenvalue weighted by atomic mass is 79.9. The standard InChI is InChI=1S/C10H13BrN4O2/c11-7-4-13-6-14-8(7)15-3-1-2-10(17,5-15)9(12)16/h4,6,17H,1-3,5H2,(H2,12,16). The van der Waals surface area contributed by atoms with Crippen molar-refractivity contribution in [1.82, 2.24) is 9.97 Å². The molecule has 2 rings (SSSR count). The third-order valence-electron chi connectivity index (χ3n) is 2.88. The summed E-state index contributed by atoms with van der Waals surface area (Å²) in [5.41, 5.74) is 3.75. The van der Waals surface area contributed by atoms with E-state index in [1.165, 1.54) is 6.33 Å². The predicted octanol–water partition coefficient (Wildman–Crippen LogP) is 0.0557. The number of primary amides is 1. The van der Waals surface area contributed by atoms with Crippen molar-refractivity contribution in [2.75, 3.05) is 18.0 Å². The van der Waals surface area contributed by atoms with Crippen molar-refractivity contribution in [2.45, 2.75) is 18.4 Å². The van der Waals surface area contributed by atoms with Gasteiger partial charge in [0, 0.05) is 12.7 Å². The first-order valence-electron chi connectivity index (χ1n) is 5.26. The molecule has 2 heterocycles. The maximum Gasteiger partial charge on any atom is 0.251 e. The molecule has 7 heteroatoms. The van der Waals surface area contributed by atoms with E-state index in [9.17, 15) is 9.90 Å². The van der Waals surface area contributed by atoms with Gasteiger partial charge in [0.15, 0.2) is 5.60 Å². The number of amides is 1. The van der Waals surface area contributed by atoms with Gasteiger partial charge in [-0.25, -0.2) is 9.97 Å². The van der Waals surface area contributed by atoms with Crippen LogP contribution in [0.3, 0.4) is 0 Å². The molecule has 0 aromatic carbocycles. The molecule has 1 aliphatic rings. The first kappa shape index (κ1) is 12.3. The molecule has 1 fully saturated rings. The molecule has 1 aromatic rings. The van der Waals surface area contributed by atoms with E-state index >= 15 is 0 Å². The van der Waals surface area contributed by atoms with Crippen LogP contribution >= 0.6 is 15.9 Å². The van der Waals surface area contributed by atoms with Gasteiger partial charge in [-0.3, -0.25) is 4.79 Å². The molecule has 3 N–H and O–H groups in total. The molecule has 0 bridgehead atoms. The van der Waals surface area contributed by atoms with Crippen molar-refractivity contribution in [2.24, 2.45) is 5.73 Å². The zero-order valence-corrected chi connectivity index (χ0v) is 10.7. The van der Waals surface area contributed by atoms with Gasteiger partial charge in [-0.15, -0.1) is 0 Å². The summed E-state index contributed by atoms with van der Waals surface area (Å²) in [6.07, 6.45) is 4.13. The van der Waals surface area contributed by atoms with Crippen LogP contribution in [0.25, 0.3) is 0 Å². The third-order valence-corrected chi connectivity index (χ3v) is 3.44. The van der Waals surface area contributed by atoms with Crippen LogP contribution < -0.4 is 10.6 Å². The first-order chi connectivity index (χ1) is 8.03. The fraction of sp³-hybridized carbons (Fsp3) is 0.500. The van der Waals surface area contributed by atoms with Crippen LogP contribution in [0.5, 0.6) is 0 Å².